The quantitative estimate of drug-likeness (QED) is 0.798. The predicted octanol–water partition coefficient (Wildman–Crippen LogP) is 2.06. The highest BCUT2D eigenvalue weighted by Gasteiger charge is 2.39. The molecule has 0 radical (unpaired) electrons. The first-order valence-corrected chi connectivity index (χ1v) is 5.45. The van der Waals surface area contributed by atoms with Crippen LogP contribution in [0.1, 0.15) is 22.3 Å². The second-order valence-electron chi connectivity index (χ2n) is 4.50. The highest BCUT2D eigenvalue weighted by Crippen LogP contribution is 2.33. The van der Waals surface area contributed by atoms with Gasteiger partial charge in [-0.1, -0.05) is 12.1 Å². The van der Waals surface area contributed by atoms with E-state index in [0.29, 0.717) is 0 Å². The van der Waals surface area contributed by atoms with Crippen LogP contribution in [0.4, 0.5) is 0 Å². The lowest BCUT2D eigenvalue weighted by Crippen LogP contribution is -2.56. The van der Waals surface area contributed by atoms with Gasteiger partial charge in [-0.25, -0.2) is 0 Å². The molecule has 2 nitrogen and oxygen atoms in total. The van der Waals surface area contributed by atoms with Gasteiger partial charge in [-0.3, -0.25) is 0 Å². The summed E-state index contributed by atoms with van der Waals surface area (Å²) >= 11 is 0. The van der Waals surface area contributed by atoms with Crippen LogP contribution in [0, 0.1) is 20.8 Å². The molecule has 0 atom stereocenters. The second-order valence-corrected chi connectivity index (χ2v) is 4.50. The van der Waals surface area contributed by atoms with Crippen molar-refractivity contribution in [2.75, 3.05) is 20.3 Å². The van der Waals surface area contributed by atoms with Crippen molar-refractivity contribution in [3.63, 3.8) is 0 Å². The Kier molecular flexibility index (Phi) is 2.57. The van der Waals surface area contributed by atoms with Gasteiger partial charge in [-0.2, -0.15) is 0 Å². The first-order valence-electron chi connectivity index (χ1n) is 5.45. The van der Waals surface area contributed by atoms with Crippen molar-refractivity contribution in [1.29, 1.82) is 0 Å². The molecule has 1 aliphatic heterocycles. The zero-order chi connectivity index (χ0) is 11.1. The standard InChI is InChI=1S/C13H19NO/c1-9-5-6-12(11(3)10(9)2)13(14-4)7-15-8-13/h5-6,14H,7-8H2,1-4H3. The monoisotopic (exact) mass is 205 g/mol. The van der Waals surface area contributed by atoms with Crippen LogP contribution in [0.15, 0.2) is 12.1 Å². The largest absolute Gasteiger partial charge is 0.377 e. The maximum Gasteiger partial charge on any atom is 0.0908 e. The Balaban J connectivity index is 2.49. The normalized spacial score (nSPS) is 18.7. The third-order valence-corrected chi connectivity index (χ3v) is 3.75. The molecule has 0 amide bonds. The highest BCUT2D eigenvalue weighted by atomic mass is 16.5. The summed E-state index contributed by atoms with van der Waals surface area (Å²) in [6, 6.07) is 4.44. The van der Waals surface area contributed by atoms with E-state index in [-0.39, 0.29) is 5.54 Å². The van der Waals surface area contributed by atoms with Crippen molar-refractivity contribution in [2.24, 2.45) is 0 Å². The molecular weight excluding hydrogens is 186 g/mol. The second kappa shape index (κ2) is 3.62. The summed E-state index contributed by atoms with van der Waals surface area (Å²) < 4.78 is 5.35. The van der Waals surface area contributed by atoms with Crippen LogP contribution in [-0.4, -0.2) is 20.3 Å². The number of rotatable bonds is 2. The summed E-state index contributed by atoms with van der Waals surface area (Å²) in [5.41, 5.74) is 5.60. The van der Waals surface area contributed by atoms with Crippen LogP contribution < -0.4 is 5.32 Å². The van der Waals surface area contributed by atoms with Crippen LogP contribution in [0.3, 0.4) is 0 Å². The smallest absolute Gasteiger partial charge is 0.0908 e. The van der Waals surface area contributed by atoms with Gasteiger partial charge in [0.05, 0.1) is 18.8 Å². The highest BCUT2D eigenvalue weighted by molar-refractivity contribution is 5.43. The van der Waals surface area contributed by atoms with Gasteiger partial charge in [0.15, 0.2) is 0 Å². The van der Waals surface area contributed by atoms with E-state index in [0.717, 1.165) is 13.2 Å². The van der Waals surface area contributed by atoms with Gasteiger partial charge in [0.2, 0.25) is 0 Å². The van der Waals surface area contributed by atoms with E-state index >= 15 is 0 Å². The fourth-order valence-electron chi connectivity index (χ4n) is 2.22. The molecule has 0 aromatic heterocycles. The zero-order valence-electron chi connectivity index (χ0n) is 9.98. The summed E-state index contributed by atoms with van der Waals surface area (Å²) in [6.45, 7) is 8.13. The molecule has 15 heavy (non-hydrogen) atoms. The molecular formula is C13H19NO. The summed E-state index contributed by atoms with van der Waals surface area (Å²) in [5, 5.41) is 3.39. The SMILES string of the molecule is CNC1(c2ccc(C)c(C)c2C)COC1. The molecule has 2 rings (SSSR count). The summed E-state index contributed by atoms with van der Waals surface area (Å²) in [6.07, 6.45) is 0. The van der Waals surface area contributed by atoms with Crippen molar-refractivity contribution < 1.29 is 4.74 Å². The maximum atomic E-state index is 5.35. The molecule has 1 fully saturated rings. The Hall–Kier alpha value is -0.860. The summed E-state index contributed by atoms with van der Waals surface area (Å²) in [7, 11) is 2.01. The number of nitrogens with one attached hydrogen (secondary N) is 1. The number of hydrogen-bond donors (Lipinski definition) is 1. The maximum absolute atomic E-state index is 5.35. The molecule has 1 aromatic carbocycles. The molecule has 0 saturated carbocycles. The van der Waals surface area contributed by atoms with E-state index in [1.807, 2.05) is 7.05 Å². The molecule has 0 spiro atoms. The lowest BCUT2D eigenvalue weighted by molar-refractivity contribution is -0.0751. The number of likely N-dealkylation sites (N-methyl/N-ethyl adjacent to an activating group) is 1. The number of benzene rings is 1. The molecule has 0 aliphatic carbocycles. The van der Waals surface area contributed by atoms with E-state index in [4.69, 9.17) is 4.74 Å². The summed E-state index contributed by atoms with van der Waals surface area (Å²) in [4.78, 5) is 0. The van der Waals surface area contributed by atoms with Gasteiger partial charge in [0, 0.05) is 0 Å². The summed E-state index contributed by atoms with van der Waals surface area (Å²) in [5.74, 6) is 0. The van der Waals surface area contributed by atoms with Crippen LogP contribution >= 0.6 is 0 Å². The van der Waals surface area contributed by atoms with E-state index in [1.54, 1.807) is 0 Å². The van der Waals surface area contributed by atoms with Gasteiger partial charge >= 0.3 is 0 Å². The number of aryl methyl sites for hydroxylation is 1. The molecule has 1 saturated heterocycles. The van der Waals surface area contributed by atoms with E-state index in [2.05, 4.69) is 38.2 Å². The molecule has 2 heteroatoms. The molecule has 1 aliphatic rings. The lowest BCUT2D eigenvalue weighted by Gasteiger charge is -2.43. The van der Waals surface area contributed by atoms with Crippen molar-refractivity contribution in [3.8, 4) is 0 Å². The van der Waals surface area contributed by atoms with Gasteiger partial charge in [0.1, 0.15) is 0 Å². The number of ether oxygens (including phenoxy) is 1. The minimum absolute atomic E-state index is 0.0581. The minimum Gasteiger partial charge on any atom is -0.377 e. The third kappa shape index (κ3) is 1.48. The molecule has 1 heterocycles. The molecule has 82 valence electrons. The Morgan fingerprint density at radius 3 is 2.27 bits per heavy atom. The average molecular weight is 205 g/mol. The predicted molar refractivity (Wildman–Crippen MR) is 62.2 cm³/mol. The van der Waals surface area contributed by atoms with E-state index in [1.165, 1.54) is 22.3 Å². The fourth-order valence-corrected chi connectivity index (χ4v) is 2.22. The van der Waals surface area contributed by atoms with E-state index < -0.39 is 0 Å². The average Bonchev–Trinajstić information content (AvgIpc) is 2.17. The minimum atomic E-state index is 0.0581. The van der Waals surface area contributed by atoms with Crippen molar-refractivity contribution in [2.45, 2.75) is 26.3 Å². The Labute approximate surface area is 91.6 Å². The van der Waals surface area contributed by atoms with Crippen molar-refractivity contribution in [1.82, 2.24) is 5.32 Å². The Bertz CT molecular complexity index is 375. The molecule has 1 aromatic rings. The van der Waals surface area contributed by atoms with Crippen LogP contribution in [0.2, 0.25) is 0 Å². The van der Waals surface area contributed by atoms with Crippen molar-refractivity contribution in [3.05, 3.63) is 34.4 Å². The molecule has 0 unspecified atom stereocenters. The van der Waals surface area contributed by atoms with Crippen LogP contribution in [0.25, 0.3) is 0 Å². The van der Waals surface area contributed by atoms with E-state index in [9.17, 15) is 0 Å². The Morgan fingerprint density at radius 1 is 1.13 bits per heavy atom. The van der Waals surface area contributed by atoms with Crippen molar-refractivity contribution >= 4 is 0 Å². The fraction of sp³-hybridized carbons (Fsp3) is 0.538. The lowest BCUT2D eigenvalue weighted by atomic mass is 9.83. The number of hydrogen-bond acceptors (Lipinski definition) is 2. The van der Waals surface area contributed by atoms with Gasteiger partial charge < -0.3 is 10.1 Å². The van der Waals surface area contributed by atoms with Crippen LogP contribution in [-0.2, 0) is 10.3 Å². The Morgan fingerprint density at radius 2 is 1.80 bits per heavy atom. The zero-order valence-corrected chi connectivity index (χ0v) is 9.98. The first kappa shape index (κ1) is 10.7. The third-order valence-electron chi connectivity index (χ3n) is 3.75. The van der Waals surface area contributed by atoms with Gasteiger partial charge in [-0.15, -0.1) is 0 Å². The topological polar surface area (TPSA) is 21.3 Å². The molecule has 0 bridgehead atoms. The van der Waals surface area contributed by atoms with Gasteiger partial charge in [0.25, 0.3) is 0 Å². The first-order chi connectivity index (χ1) is 7.10. The molecule has 1 N–H and O–H groups in total. The van der Waals surface area contributed by atoms with Crippen LogP contribution in [0.5, 0.6) is 0 Å². The van der Waals surface area contributed by atoms with Gasteiger partial charge in [-0.05, 0) is 50.1 Å².